The van der Waals surface area contributed by atoms with Crippen LogP contribution >= 0.6 is 23.2 Å². The Bertz CT molecular complexity index is 1220. The fourth-order valence-corrected chi connectivity index (χ4v) is 3.01. The topological polar surface area (TPSA) is 106 Å². The van der Waals surface area contributed by atoms with Gasteiger partial charge in [-0.25, -0.2) is 0 Å². The molecule has 1 amide bonds. The number of carboxylic acids is 1. The van der Waals surface area contributed by atoms with Crippen LogP contribution in [0.5, 0.6) is 0 Å². The maximum atomic E-state index is 12.5. The Morgan fingerprint density at radius 2 is 1.90 bits per heavy atom. The van der Waals surface area contributed by atoms with Gasteiger partial charge in [-0.2, -0.15) is 5.26 Å². The number of amides is 1. The number of hydrogen-bond acceptors (Lipinski definition) is 5. The normalized spacial score (nSPS) is 11.1. The highest BCUT2D eigenvalue weighted by molar-refractivity contribution is 6.33. The van der Waals surface area contributed by atoms with Crippen LogP contribution in [0, 0.1) is 18.3 Å². The number of aromatic carboxylic acids is 1. The molecule has 1 aromatic heterocycles. The summed E-state index contributed by atoms with van der Waals surface area (Å²) < 4.78 is 5.63. The summed E-state index contributed by atoms with van der Waals surface area (Å²) in [5.41, 5.74) is 1.27. The first kappa shape index (κ1) is 21.2. The Morgan fingerprint density at radius 3 is 2.60 bits per heavy atom. The molecule has 0 spiro atoms. The predicted octanol–water partition coefficient (Wildman–Crippen LogP) is 4.47. The number of nitriles is 1. The van der Waals surface area contributed by atoms with E-state index in [1.165, 1.54) is 18.2 Å². The number of rotatable bonds is 5. The Hall–Kier alpha value is -3.53. The van der Waals surface area contributed by atoms with Gasteiger partial charge in [0, 0.05) is 32.9 Å². The van der Waals surface area contributed by atoms with E-state index >= 15 is 0 Å². The molecule has 0 bridgehead atoms. The zero-order chi connectivity index (χ0) is 21.8. The predicted molar refractivity (Wildman–Crippen MR) is 112 cm³/mol. The summed E-state index contributed by atoms with van der Waals surface area (Å²) in [5, 5.41) is 23.7. The smallest absolute Gasteiger partial charge is 0.266 e. The Labute approximate surface area is 182 Å². The second-order valence-corrected chi connectivity index (χ2v) is 7.03. The van der Waals surface area contributed by atoms with Gasteiger partial charge in [-0.05, 0) is 55.0 Å². The maximum Gasteiger partial charge on any atom is 0.266 e. The van der Waals surface area contributed by atoms with Gasteiger partial charge in [0.15, 0.2) is 0 Å². The van der Waals surface area contributed by atoms with E-state index in [9.17, 15) is 20.0 Å². The van der Waals surface area contributed by atoms with Crippen molar-refractivity contribution in [2.24, 2.45) is 0 Å². The van der Waals surface area contributed by atoms with Crippen LogP contribution in [-0.2, 0) is 4.79 Å². The second kappa shape index (κ2) is 8.87. The molecule has 0 saturated heterocycles. The summed E-state index contributed by atoms with van der Waals surface area (Å²) in [5.74, 6) is -1.45. The first-order valence-corrected chi connectivity index (χ1v) is 9.35. The van der Waals surface area contributed by atoms with Crippen LogP contribution in [0.2, 0.25) is 10.0 Å². The van der Waals surface area contributed by atoms with Crippen molar-refractivity contribution in [2.75, 3.05) is 5.32 Å². The third kappa shape index (κ3) is 4.54. The molecular weight excluding hydrogens is 427 g/mol. The van der Waals surface area contributed by atoms with Crippen LogP contribution in [0.3, 0.4) is 0 Å². The van der Waals surface area contributed by atoms with E-state index in [4.69, 9.17) is 27.6 Å². The average Bonchev–Trinajstić information content (AvgIpc) is 3.18. The van der Waals surface area contributed by atoms with E-state index < -0.39 is 11.9 Å². The van der Waals surface area contributed by atoms with Crippen LogP contribution in [0.15, 0.2) is 58.5 Å². The van der Waals surface area contributed by atoms with Crippen molar-refractivity contribution < 1.29 is 19.1 Å². The fourth-order valence-electron chi connectivity index (χ4n) is 2.64. The lowest BCUT2D eigenvalue weighted by Gasteiger charge is -2.08. The molecule has 1 heterocycles. The number of carbonyl (C=O) groups excluding carboxylic acids is 2. The van der Waals surface area contributed by atoms with Crippen LogP contribution < -0.4 is 10.4 Å². The molecule has 0 fully saturated rings. The van der Waals surface area contributed by atoms with E-state index in [2.05, 4.69) is 5.32 Å². The molecule has 0 unspecified atom stereocenters. The fraction of sp³-hybridized carbons (Fsp3) is 0.0455. The molecule has 1 N–H and O–H groups in total. The molecule has 2 aromatic carbocycles. The minimum atomic E-state index is -1.41. The quantitative estimate of drug-likeness (QED) is 0.466. The van der Waals surface area contributed by atoms with E-state index in [1.54, 1.807) is 43.3 Å². The highest BCUT2D eigenvalue weighted by Crippen LogP contribution is 2.28. The van der Waals surface area contributed by atoms with Crippen LogP contribution in [0.25, 0.3) is 17.4 Å². The first-order chi connectivity index (χ1) is 14.3. The molecule has 0 radical (unpaired) electrons. The van der Waals surface area contributed by atoms with Crippen LogP contribution in [0.4, 0.5) is 5.69 Å². The number of anilines is 1. The molecule has 0 aliphatic rings. The number of benzene rings is 2. The summed E-state index contributed by atoms with van der Waals surface area (Å²) in [4.78, 5) is 23.6. The maximum absolute atomic E-state index is 12.5. The van der Waals surface area contributed by atoms with Crippen molar-refractivity contribution in [2.45, 2.75) is 6.92 Å². The lowest BCUT2D eigenvalue weighted by molar-refractivity contribution is -0.255. The number of nitrogens with one attached hydrogen (secondary N) is 1. The van der Waals surface area contributed by atoms with Gasteiger partial charge in [-0.3, -0.25) is 4.79 Å². The summed E-state index contributed by atoms with van der Waals surface area (Å²) in [6.45, 7) is 1.75. The van der Waals surface area contributed by atoms with Crippen molar-refractivity contribution in [3.05, 3.63) is 81.0 Å². The summed E-state index contributed by atoms with van der Waals surface area (Å²) in [6, 6.07) is 14.4. The number of carboxylic acid groups (broad SMARTS) is 1. The molecule has 0 atom stereocenters. The lowest BCUT2D eigenvalue weighted by Crippen LogP contribution is -2.22. The number of furan rings is 1. The van der Waals surface area contributed by atoms with Crippen LogP contribution in [0.1, 0.15) is 21.7 Å². The van der Waals surface area contributed by atoms with Gasteiger partial charge in [0.05, 0.1) is 5.97 Å². The molecule has 8 heteroatoms. The number of halogens is 2. The van der Waals surface area contributed by atoms with E-state index in [0.717, 1.165) is 0 Å². The van der Waals surface area contributed by atoms with E-state index in [-0.39, 0.29) is 21.9 Å². The van der Waals surface area contributed by atoms with Gasteiger partial charge in [0.1, 0.15) is 23.2 Å². The SMILES string of the molecule is Cc1c(Cl)cccc1NC(=O)/C(C#N)=C/c1ccc(-c2ccc(Cl)c(C(=O)[O-])c2)o1. The van der Waals surface area contributed by atoms with Crippen molar-refractivity contribution in [1.82, 2.24) is 0 Å². The monoisotopic (exact) mass is 439 g/mol. The Morgan fingerprint density at radius 1 is 1.13 bits per heavy atom. The molecule has 150 valence electrons. The second-order valence-electron chi connectivity index (χ2n) is 6.22. The minimum Gasteiger partial charge on any atom is -0.545 e. The largest absolute Gasteiger partial charge is 0.545 e. The summed E-state index contributed by atoms with van der Waals surface area (Å²) in [7, 11) is 0. The van der Waals surface area contributed by atoms with Crippen molar-refractivity contribution >= 4 is 46.8 Å². The minimum absolute atomic E-state index is 0.0465. The molecule has 3 rings (SSSR count). The highest BCUT2D eigenvalue weighted by Gasteiger charge is 2.14. The molecular formula is C22H13Cl2N2O4-. The molecule has 30 heavy (non-hydrogen) atoms. The third-order valence-corrected chi connectivity index (χ3v) is 5.00. The summed E-state index contributed by atoms with van der Waals surface area (Å²) in [6.07, 6.45) is 1.29. The number of nitrogens with zero attached hydrogens (tertiary/aromatic N) is 1. The van der Waals surface area contributed by atoms with Gasteiger partial charge in [0.2, 0.25) is 0 Å². The van der Waals surface area contributed by atoms with E-state index in [1.807, 2.05) is 6.07 Å². The zero-order valence-corrected chi connectivity index (χ0v) is 17.0. The van der Waals surface area contributed by atoms with Gasteiger partial charge in [0.25, 0.3) is 5.91 Å². The third-order valence-electron chi connectivity index (χ3n) is 4.27. The van der Waals surface area contributed by atoms with Crippen molar-refractivity contribution in [1.29, 1.82) is 5.26 Å². The summed E-state index contributed by atoms with van der Waals surface area (Å²) >= 11 is 11.9. The average molecular weight is 440 g/mol. The molecule has 3 aromatic rings. The van der Waals surface area contributed by atoms with Crippen molar-refractivity contribution in [3.63, 3.8) is 0 Å². The number of hydrogen-bond donors (Lipinski definition) is 1. The Balaban J connectivity index is 1.86. The van der Waals surface area contributed by atoms with Crippen LogP contribution in [-0.4, -0.2) is 11.9 Å². The van der Waals surface area contributed by atoms with Gasteiger partial charge in [-0.1, -0.05) is 29.3 Å². The van der Waals surface area contributed by atoms with Gasteiger partial charge < -0.3 is 19.6 Å². The van der Waals surface area contributed by atoms with Crippen molar-refractivity contribution in [3.8, 4) is 17.4 Å². The molecule has 6 nitrogen and oxygen atoms in total. The first-order valence-electron chi connectivity index (χ1n) is 8.59. The molecule has 0 aliphatic carbocycles. The zero-order valence-electron chi connectivity index (χ0n) is 15.5. The number of carbonyl (C=O) groups is 2. The molecule has 0 aliphatic heterocycles. The highest BCUT2D eigenvalue weighted by atomic mass is 35.5. The lowest BCUT2D eigenvalue weighted by atomic mass is 10.1. The van der Waals surface area contributed by atoms with Gasteiger partial charge in [-0.15, -0.1) is 0 Å². The van der Waals surface area contributed by atoms with E-state index in [0.29, 0.717) is 27.6 Å². The Kier molecular flexibility index (Phi) is 6.26. The molecule has 0 saturated carbocycles. The standard InChI is InChI=1S/C22H14Cl2N2O4/c1-12-17(23)3-2-4-19(12)26-21(27)14(11-25)9-15-6-8-20(30-15)13-5-7-18(24)16(10-13)22(28)29/h2-10H,1H3,(H,26,27)(H,28,29)/p-1/b14-9+. The van der Waals surface area contributed by atoms with Gasteiger partial charge >= 0.3 is 0 Å².